The average molecular weight is 428 g/mol. The van der Waals surface area contributed by atoms with Crippen LogP contribution >= 0.6 is 0 Å². The fourth-order valence-electron chi connectivity index (χ4n) is 4.10. The molecule has 0 amide bonds. The lowest BCUT2D eigenvalue weighted by molar-refractivity contribution is 0.0935. The monoisotopic (exact) mass is 427 g/mol. The molecule has 1 N–H and O–H groups in total. The summed E-state index contributed by atoms with van der Waals surface area (Å²) < 4.78 is 9.96. The van der Waals surface area contributed by atoms with E-state index in [-0.39, 0.29) is 13.2 Å². The molecule has 9 nitrogen and oxygen atoms in total. The van der Waals surface area contributed by atoms with Gasteiger partial charge < -0.3 is 19.3 Å². The average Bonchev–Trinajstić information content (AvgIpc) is 3.14. The predicted molar refractivity (Wildman–Crippen MR) is 119 cm³/mol. The van der Waals surface area contributed by atoms with Gasteiger partial charge in [-0.2, -0.15) is 4.98 Å². The van der Waals surface area contributed by atoms with Gasteiger partial charge >= 0.3 is 5.69 Å². The Morgan fingerprint density at radius 1 is 1.13 bits per heavy atom. The number of ether oxygens (including phenoxy) is 1. The zero-order valence-corrected chi connectivity index (χ0v) is 18.2. The summed E-state index contributed by atoms with van der Waals surface area (Å²) in [4.78, 5) is 32.2. The van der Waals surface area contributed by atoms with E-state index in [9.17, 15) is 14.7 Å². The first kappa shape index (κ1) is 21.2. The first-order valence-electron chi connectivity index (χ1n) is 10.7. The van der Waals surface area contributed by atoms with E-state index < -0.39 is 17.4 Å². The van der Waals surface area contributed by atoms with Crippen LogP contribution in [-0.2, 0) is 20.6 Å². The van der Waals surface area contributed by atoms with Gasteiger partial charge in [0.25, 0.3) is 5.56 Å². The van der Waals surface area contributed by atoms with E-state index in [1.54, 1.807) is 11.6 Å². The summed E-state index contributed by atoms with van der Waals surface area (Å²) in [6.45, 7) is 3.85. The van der Waals surface area contributed by atoms with Crippen molar-refractivity contribution in [1.29, 1.82) is 0 Å². The first-order chi connectivity index (χ1) is 14.9. The number of hydrogen-bond donors (Lipinski definition) is 1. The SMILES string of the molecule is Cc1cccc(OC[C@@H](O)Cn2c(N3CCCCC3)nc3c2c(=O)n(C)c(=O)n3C)c1. The third kappa shape index (κ3) is 4.10. The Labute approximate surface area is 180 Å². The number of benzene rings is 1. The van der Waals surface area contributed by atoms with E-state index >= 15 is 0 Å². The van der Waals surface area contributed by atoms with E-state index in [4.69, 9.17) is 4.74 Å². The molecule has 1 aromatic carbocycles. The quantitative estimate of drug-likeness (QED) is 0.635. The van der Waals surface area contributed by atoms with Crippen molar-refractivity contribution in [2.24, 2.45) is 14.1 Å². The molecule has 1 aliphatic heterocycles. The van der Waals surface area contributed by atoms with Gasteiger partial charge in [0.15, 0.2) is 11.2 Å². The summed E-state index contributed by atoms with van der Waals surface area (Å²) in [6.07, 6.45) is 2.38. The molecular formula is C22H29N5O4. The molecule has 2 aromatic heterocycles. The number of piperidine rings is 1. The normalized spacial score (nSPS) is 15.4. The van der Waals surface area contributed by atoms with Crippen molar-refractivity contribution < 1.29 is 9.84 Å². The number of hydrogen-bond acceptors (Lipinski definition) is 6. The zero-order valence-electron chi connectivity index (χ0n) is 18.2. The van der Waals surface area contributed by atoms with Gasteiger partial charge in [-0.15, -0.1) is 0 Å². The van der Waals surface area contributed by atoms with Gasteiger partial charge in [0.2, 0.25) is 5.95 Å². The molecule has 31 heavy (non-hydrogen) atoms. The zero-order chi connectivity index (χ0) is 22.1. The van der Waals surface area contributed by atoms with E-state index in [1.807, 2.05) is 31.2 Å². The van der Waals surface area contributed by atoms with Crippen LogP contribution in [0.2, 0.25) is 0 Å². The van der Waals surface area contributed by atoms with Crippen molar-refractivity contribution in [2.45, 2.75) is 38.8 Å². The van der Waals surface area contributed by atoms with E-state index in [2.05, 4.69) is 9.88 Å². The van der Waals surface area contributed by atoms with Gasteiger partial charge in [0.1, 0.15) is 18.5 Å². The Kier molecular flexibility index (Phi) is 5.86. The second kappa shape index (κ2) is 8.58. The maximum absolute atomic E-state index is 13.0. The minimum atomic E-state index is -0.858. The Morgan fingerprint density at radius 2 is 1.87 bits per heavy atom. The molecule has 0 aliphatic carbocycles. The molecule has 4 rings (SSSR count). The van der Waals surface area contributed by atoms with Crippen LogP contribution in [0, 0.1) is 6.92 Å². The summed E-state index contributed by atoms with van der Waals surface area (Å²) >= 11 is 0. The Morgan fingerprint density at radius 3 is 2.58 bits per heavy atom. The lowest BCUT2D eigenvalue weighted by Crippen LogP contribution is -2.38. The van der Waals surface area contributed by atoms with Crippen LogP contribution in [-0.4, -0.2) is 49.6 Å². The Hall–Kier alpha value is -3.07. The summed E-state index contributed by atoms with van der Waals surface area (Å²) in [7, 11) is 3.07. The topological polar surface area (TPSA) is 94.5 Å². The van der Waals surface area contributed by atoms with Crippen LogP contribution < -0.4 is 20.9 Å². The smallest absolute Gasteiger partial charge is 0.332 e. The van der Waals surface area contributed by atoms with Crippen molar-refractivity contribution in [3.8, 4) is 5.75 Å². The summed E-state index contributed by atoms with van der Waals surface area (Å²) in [5.41, 5.74) is 0.890. The van der Waals surface area contributed by atoms with Gasteiger partial charge in [-0.1, -0.05) is 12.1 Å². The standard InChI is InChI=1S/C22H29N5O4/c1-15-8-7-9-17(12-15)31-14-16(28)13-27-18-19(24(2)22(30)25(3)20(18)29)23-21(27)26-10-5-4-6-11-26/h7-9,12,16,28H,4-6,10-11,13-14H2,1-3H3/t16-/m0/s1. The lowest BCUT2D eigenvalue weighted by Gasteiger charge is -2.28. The number of fused-ring (bicyclic) bond motifs is 1. The van der Waals surface area contributed by atoms with Crippen LogP contribution in [0.5, 0.6) is 5.75 Å². The van der Waals surface area contributed by atoms with Gasteiger partial charge in [-0.25, -0.2) is 4.79 Å². The lowest BCUT2D eigenvalue weighted by atomic mass is 10.1. The second-order valence-corrected chi connectivity index (χ2v) is 8.23. The molecule has 1 saturated heterocycles. The third-order valence-electron chi connectivity index (χ3n) is 5.79. The molecule has 166 valence electrons. The van der Waals surface area contributed by atoms with Crippen LogP contribution in [0.4, 0.5) is 5.95 Å². The highest BCUT2D eigenvalue weighted by Crippen LogP contribution is 2.23. The summed E-state index contributed by atoms with van der Waals surface area (Å²) in [5.74, 6) is 1.30. The van der Waals surface area contributed by atoms with Crippen LogP contribution in [0.15, 0.2) is 33.9 Å². The molecular weight excluding hydrogens is 398 g/mol. The molecule has 0 radical (unpaired) electrons. The molecule has 1 atom stereocenters. The predicted octanol–water partition coefficient (Wildman–Crippen LogP) is 1.17. The number of aryl methyl sites for hydroxylation is 2. The van der Waals surface area contributed by atoms with Crippen molar-refractivity contribution >= 4 is 17.1 Å². The van der Waals surface area contributed by atoms with Gasteiger partial charge in [0.05, 0.1) is 6.54 Å². The van der Waals surface area contributed by atoms with E-state index in [0.29, 0.717) is 22.9 Å². The summed E-state index contributed by atoms with van der Waals surface area (Å²) in [5, 5.41) is 10.7. The number of aliphatic hydroxyl groups excluding tert-OH is 1. The fourth-order valence-corrected chi connectivity index (χ4v) is 4.10. The number of anilines is 1. The molecule has 0 spiro atoms. The van der Waals surface area contributed by atoms with Crippen LogP contribution in [0.3, 0.4) is 0 Å². The maximum Gasteiger partial charge on any atom is 0.332 e. The fraction of sp³-hybridized carbons (Fsp3) is 0.500. The molecule has 0 unspecified atom stereocenters. The van der Waals surface area contributed by atoms with Gasteiger partial charge in [-0.3, -0.25) is 13.9 Å². The number of nitrogens with zero attached hydrogens (tertiary/aromatic N) is 5. The largest absolute Gasteiger partial charge is 0.491 e. The molecule has 0 bridgehead atoms. The Balaban J connectivity index is 1.70. The molecule has 3 aromatic rings. The van der Waals surface area contributed by atoms with E-state index in [1.165, 1.54) is 11.6 Å². The molecule has 1 aliphatic rings. The molecule has 1 fully saturated rings. The van der Waals surface area contributed by atoms with Crippen LogP contribution in [0.25, 0.3) is 11.2 Å². The van der Waals surface area contributed by atoms with E-state index in [0.717, 1.165) is 42.5 Å². The summed E-state index contributed by atoms with van der Waals surface area (Å²) in [6, 6.07) is 7.63. The van der Waals surface area contributed by atoms with Crippen molar-refractivity contribution in [3.63, 3.8) is 0 Å². The maximum atomic E-state index is 13.0. The Bertz CT molecular complexity index is 1200. The third-order valence-corrected chi connectivity index (χ3v) is 5.79. The van der Waals surface area contributed by atoms with Crippen molar-refractivity contribution in [2.75, 3.05) is 24.6 Å². The van der Waals surface area contributed by atoms with Crippen molar-refractivity contribution in [1.82, 2.24) is 18.7 Å². The molecule has 0 saturated carbocycles. The minimum absolute atomic E-state index is 0.0780. The number of aliphatic hydroxyl groups is 1. The van der Waals surface area contributed by atoms with Crippen LogP contribution in [0.1, 0.15) is 24.8 Å². The van der Waals surface area contributed by atoms with Crippen molar-refractivity contribution in [3.05, 3.63) is 50.7 Å². The minimum Gasteiger partial charge on any atom is -0.491 e. The highest BCUT2D eigenvalue weighted by molar-refractivity contribution is 5.74. The van der Waals surface area contributed by atoms with Gasteiger partial charge in [-0.05, 0) is 43.9 Å². The molecule has 3 heterocycles. The number of aromatic nitrogens is 4. The first-order valence-corrected chi connectivity index (χ1v) is 10.7. The second-order valence-electron chi connectivity index (χ2n) is 8.23. The van der Waals surface area contributed by atoms with Gasteiger partial charge in [0, 0.05) is 27.2 Å². The number of imidazole rings is 1. The highest BCUT2D eigenvalue weighted by atomic mass is 16.5. The number of rotatable bonds is 6. The highest BCUT2D eigenvalue weighted by Gasteiger charge is 2.25. The molecule has 9 heteroatoms.